The molecule has 0 aliphatic rings. The fourth-order valence-electron chi connectivity index (χ4n) is 2.00. The number of hydrogen-bond donors (Lipinski definition) is 2. The van der Waals surface area contributed by atoms with Crippen molar-refractivity contribution in [2.45, 2.75) is 47.2 Å². The van der Waals surface area contributed by atoms with Crippen molar-refractivity contribution in [3.63, 3.8) is 0 Å². The van der Waals surface area contributed by atoms with Crippen LogP contribution in [0.5, 0.6) is 0 Å². The van der Waals surface area contributed by atoms with Crippen molar-refractivity contribution in [1.82, 2.24) is 5.32 Å². The number of ether oxygens (including phenoxy) is 2. The monoisotopic (exact) mass is 364 g/mol. The summed E-state index contributed by atoms with van der Waals surface area (Å²) < 4.78 is 10.1. The molecule has 0 unspecified atom stereocenters. The molecule has 0 aliphatic heterocycles. The first-order valence-electron chi connectivity index (χ1n) is 8.51. The number of amides is 1. The van der Waals surface area contributed by atoms with Gasteiger partial charge in [-0.1, -0.05) is 26.0 Å². The quantitative estimate of drug-likeness (QED) is 0.397. The second kappa shape index (κ2) is 9.79. The molecular formula is C19H28N2O5. The van der Waals surface area contributed by atoms with Gasteiger partial charge in [-0.3, -0.25) is 9.59 Å². The zero-order chi connectivity index (χ0) is 19.7. The van der Waals surface area contributed by atoms with Crippen LogP contribution in [0.2, 0.25) is 0 Å². The number of carbonyl (C=O) groups is 3. The molecule has 1 amide bonds. The van der Waals surface area contributed by atoms with E-state index in [1.165, 1.54) is 0 Å². The molecule has 0 aliphatic carbocycles. The van der Waals surface area contributed by atoms with E-state index in [0.717, 1.165) is 11.3 Å². The van der Waals surface area contributed by atoms with E-state index in [1.807, 2.05) is 38.1 Å². The van der Waals surface area contributed by atoms with Gasteiger partial charge in [0, 0.05) is 12.2 Å². The van der Waals surface area contributed by atoms with Crippen LogP contribution in [0, 0.1) is 11.3 Å². The SMILES string of the molecule is CC(C)[C@@H](Nc1ccc(CNC=O)cc1)C(=O)OCOC(=O)C(C)(C)C. The van der Waals surface area contributed by atoms with Gasteiger partial charge in [0.1, 0.15) is 6.04 Å². The lowest BCUT2D eigenvalue weighted by molar-refractivity contribution is -0.174. The van der Waals surface area contributed by atoms with Crippen LogP contribution >= 0.6 is 0 Å². The van der Waals surface area contributed by atoms with Crippen LogP contribution in [0.1, 0.15) is 40.2 Å². The maximum atomic E-state index is 12.3. The first-order valence-corrected chi connectivity index (χ1v) is 8.51. The topological polar surface area (TPSA) is 93.7 Å². The molecule has 0 spiro atoms. The van der Waals surface area contributed by atoms with E-state index in [9.17, 15) is 14.4 Å². The van der Waals surface area contributed by atoms with E-state index in [4.69, 9.17) is 9.47 Å². The normalized spacial score (nSPS) is 12.2. The Bertz CT molecular complexity index is 605. The third-order valence-electron chi connectivity index (χ3n) is 3.59. The maximum Gasteiger partial charge on any atom is 0.331 e. The van der Waals surface area contributed by atoms with Crippen molar-refractivity contribution in [3.8, 4) is 0 Å². The molecule has 0 fully saturated rings. The predicted octanol–water partition coefficient (Wildman–Crippen LogP) is 2.46. The molecule has 1 atom stereocenters. The van der Waals surface area contributed by atoms with Gasteiger partial charge in [0.15, 0.2) is 0 Å². The van der Waals surface area contributed by atoms with Crippen LogP contribution in [0.4, 0.5) is 5.69 Å². The molecule has 0 saturated heterocycles. The summed E-state index contributed by atoms with van der Waals surface area (Å²) in [7, 11) is 0. The van der Waals surface area contributed by atoms with E-state index < -0.39 is 30.2 Å². The molecule has 144 valence electrons. The zero-order valence-electron chi connectivity index (χ0n) is 16.0. The van der Waals surface area contributed by atoms with Gasteiger partial charge < -0.3 is 20.1 Å². The van der Waals surface area contributed by atoms with Crippen LogP contribution in [0.15, 0.2) is 24.3 Å². The van der Waals surface area contributed by atoms with E-state index in [0.29, 0.717) is 13.0 Å². The lowest BCUT2D eigenvalue weighted by atomic mass is 9.98. The highest BCUT2D eigenvalue weighted by atomic mass is 16.7. The van der Waals surface area contributed by atoms with Crippen LogP contribution < -0.4 is 10.6 Å². The summed E-state index contributed by atoms with van der Waals surface area (Å²) in [6.45, 7) is 9.00. The molecule has 0 aromatic heterocycles. The highest BCUT2D eigenvalue weighted by molar-refractivity contribution is 5.80. The van der Waals surface area contributed by atoms with Crippen LogP contribution in [-0.2, 0) is 30.4 Å². The van der Waals surface area contributed by atoms with Gasteiger partial charge in [-0.15, -0.1) is 0 Å². The second-order valence-corrected chi connectivity index (χ2v) is 7.32. The molecule has 0 radical (unpaired) electrons. The fourth-order valence-corrected chi connectivity index (χ4v) is 2.00. The lowest BCUT2D eigenvalue weighted by Gasteiger charge is -2.22. The highest BCUT2D eigenvalue weighted by Crippen LogP contribution is 2.17. The minimum Gasteiger partial charge on any atom is -0.427 e. The number of nitrogens with one attached hydrogen (secondary N) is 2. The van der Waals surface area contributed by atoms with Gasteiger partial charge in [0.05, 0.1) is 5.41 Å². The number of anilines is 1. The van der Waals surface area contributed by atoms with Crippen LogP contribution in [0.25, 0.3) is 0 Å². The van der Waals surface area contributed by atoms with Crippen molar-refractivity contribution in [3.05, 3.63) is 29.8 Å². The first-order chi connectivity index (χ1) is 12.1. The standard InChI is InChI=1S/C19H28N2O5/c1-13(2)16(17(23)25-12-26-18(24)19(3,4)5)21-15-8-6-14(7-9-15)10-20-11-22/h6-9,11,13,16,21H,10,12H2,1-5H3,(H,20,22)/t16-/m1/s1. The van der Waals surface area contributed by atoms with Crippen molar-refractivity contribution in [1.29, 1.82) is 0 Å². The summed E-state index contributed by atoms with van der Waals surface area (Å²) >= 11 is 0. The van der Waals surface area contributed by atoms with E-state index in [2.05, 4.69) is 10.6 Å². The Balaban J connectivity index is 2.60. The van der Waals surface area contributed by atoms with Gasteiger partial charge >= 0.3 is 11.9 Å². The number of rotatable bonds is 9. The average molecular weight is 364 g/mol. The number of esters is 2. The Morgan fingerprint density at radius 1 is 1.12 bits per heavy atom. The van der Waals surface area contributed by atoms with Crippen molar-refractivity contribution in [2.75, 3.05) is 12.1 Å². The summed E-state index contributed by atoms with van der Waals surface area (Å²) in [6.07, 6.45) is 0.642. The largest absolute Gasteiger partial charge is 0.427 e. The summed E-state index contributed by atoms with van der Waals surface area (Å²) in [5.41, 5.74) is 1.05. The van der Waals surface area contributed by atoms with Crippen molar-refractivity contribution in [2.24, 2.45) is 11.3 Å². The molecule has 26 heavy (non-hydrogen) atoms. The van der Waals surface area contributed by atoms with E-state index in [1.54, 1.807) is 20.8 Å². The molecule has 1 aromatic carbocycles. The zero-order valence-corrected chi connectivity index (χ0v) is 16.0. The van der Waals surface area contributed by atoms with Crippen molar-refractivity contribution < 1.29 is 23.9 Å². The smallest absolute Gasteiger partial charge is 0.331 e. The Kier molecular flexibility index (Phi) is 8.09. The Hall–Kier alpha value is -2.57. The fraction of sp³-hybridized carbons (Fsp3) is 0.526. The van der Waals surface area contributed by atoms with Crippen molar-refractivity contribution >= 4 is 24.0 Å². The predicted molar refractivity (Wildman–Crippen MR) is 98.1 cm³/mol. The number of benzene rings is 1. The molecule has 7 heteroatoms. The third-order valence-corrected chi connectivity index (χ3v) is 3.59. The molecular weight excluding hydrogens is 336 g/mol. The summed E-state index contributed by atoms with van der Waals surface area (Å²) in [4.78, 5) is 34.3. The molecule has 0 bridgehead atoms. The Morgan fingerprint density at radius 2 is 1.73 bits per heavy atom. The van der Waals surface area contributed by atoms with Crippen LogP contribution in [0.3, 0.4) is 0 Å². The summed E-state index contributed by atoms with van der Waals surface area (Å²) in [5.74, 6) is -0.954. The molecule has 2 N–H and O–H groups in total. The second-order valence-electron chi connectivity index (χ2n) is 7.32. The lowest BCUT2D eigenvalue weighted by Crippen LogP contribution is -2.37. The maximum absolute atomic E-state index is 12.3. The molecule has 1 rings (SSSR count). The molecule has 0 saturated carbocycles. The van der Waals surface area contributed by atoms with E-state index in [-0.39, 0.29) is 5.92 Å². The van der Waals surface area contributed by atoms with Gasteiger partial charge in [-0.05, 0) is 44.4 Å². The molecule has 1 aromatic rings. The van der Waals surface area contributed by atoms with Gasteiger partial charge in [-0.2, -0.15) is 0 Å². The minimum absolute atomic E-state index is 0.0303. The van der Waals surface area contributed by atoms with Gasteiger partial charge in [0.25, 0.3) is 0 Å². The molecule has 7 nitrogen and oxygen atoms in total. The number of carbonyl (C=O) groups excluding carboxylic acids is 3. The highest BCUT2D eigenvalue weighted by Gasteiger charge is 2.26. The Morgan fingerprint density at radius 3 is 2.23 bits per heavy atom. The van der Waals surface area contributed by atoms with Gasteiger partial charge in [0.2, 0.25) is 13.2 Å². The van der Waals surface area contributed by atoms with Gasteiger partial charge in [-0.25, -0.2) is 4.79 Å². The average Bonchev–Trinajstić information content (AvgIpc) is 2.57. The van der Waals surface area contributed by atoms with E-state index >= 15 is 0 Å². The summed E-state index contributed by atoms with van der Waals surface area (Å²) in [6, 6.07) is 6.77. The number of hydrogen-bond acceptors (Lipinski definition) is 6. The third kappa shape index (κ3) is 7.13. The minimum atomic E-state index is -0.650. The van der Waals surface area contributed by atoms with Crippen LogP contribution in [-0.4, -0.2) is 31.2 Å². The molecule has 0 heterocycles. The first kappa shape index (κ1) is 21.5. The Labute approximate surface area is 154 Å². The summed E-state index contributed by atoms with van der Waals surface area (Å²) in [5, 5.41) is 5.71.